The van der Waals surface area contributed by atoms with Crippen molar-refractivity contribution in [3.8, 4) is 0 Å². The van der Waals surface area contributed by atoms with Crippen molar-refractivity contribution in [3.63, 3.8) is 0 Å². The van der Waals surface area contributed by atoms with Crippen LogP contribution in [0, 0.1) is 0 Å². The Bertz CT molecular complexity index is 355. The van der Waals surface area contributed by atoms with Gasteiger partial charge in [-0.2, -0.15) is 0 Å². The van der Waals surface area contributed by atoms with Gasteiger partial charge in [0.1, 0.15) is 0 Å². The Labute approximate surface area is 126 Å². The van der Waals surface area contributed by atoms with Crippen molar-refractivity contribution in [1.29, 1.82) is 0 Å². The Kier molecular flexibility index (Phi) is 8.55. The van der Waals surface area contributed by atoms with E-state index in [0.717, 1.165) is 6.61 Å². The van der Waals surface area contributed by atoms with Crippen LogP contribution in [0.4, 0.5) is 0 Å². The molecule has 0 saturated carbocycles. The highest BCUT2D eigenvalue weighted by atomic mass is 28.4. The van der Waals surface area contributed by atoms with E-state index in [1.54, 1.807) is 0 Å². The summed E-state index contributed by atoms with van der Waals surface area (Å²) >= 11 is 0. The summed E-state index contributed by atoms with van der Waals surface area (Å²) in [6.45, 7) is 7.64. The average Bonchev–Trinajstić information content (AvgIpc) is 2.46. The molecule has 0 fully saturated rings. The lowest BCUT2D eigenvalue weighted by Crippen LogP contribution is -2.37. The predicted molar refractivity (Wildman–Crippen MR) is 92.5 cm³/mol. The molecule has 1 aromatic carbocycles. The molecule has 1 rings (SSSR count). The Hall–Kier alpha value is -0.863. The van der Waals surface area contributed by atoms with Crippen molar-refractivity contribution in [2.24, 2.45) is 0 Å². The molecule has 0 aliphatic carbocycles. The molecule has 0 atom stereocenters. The molecule has 0 saturated heterocycles. The first-order valence-corrected chi connectivity index (χ1v) is 10.6. The minimum Gasteiger partial charge on any atom is -0.413 e. The number of benzene rings is 1. The Morgan fingerprint density at radius 1 is 0.900 bits per heavy atom. The van der Waals surface area contributed by atoms with Gasteiger partial charge in [0.2, 0.25) is 0 Å². The van der Waals surface area contributed by atoms with Crippen molar-refractivity contribution < 1.29 is 4.43 Å². The molecule has 0 unspecified atom stereocenters. The molecular formula is C18H30OSi. The molecule has 0 amide bonds. The lowest BCUT2D eigenvalue weighted by atomic mass is 10.2. The van der Waals surface area contributed by atoms with Crippen LogP contribution >= 0.6 is 0 Å². The number of hydrogen-bond donors (Lipinski definition) is 0. The molecule has 2 heteroatoms. The largest absolute Gasteiger partial charge is 0.413 e. The molecule has 0 N–H and O–H groups in total. The summed E-state index contributed by atoms with van der Waals surface area (Å²) in [6, 6.07) is 14.4. The van der Waals surface area contributed by atoms with Gasteiger partial charge in [0.25, 0.3) is 0 Å². The minimum absolute atomic E-state index is 0.779. The van der Waals surface area contributed by atoms with E-state index >= 15 is 0 Å². The lowest BCUT2D eigenvalue weighted by molar-refractivity contribution is 0.338. The summed E-state index contributed by atoms with van der Waals surface area (Å²) in [5.74, 6) is 0. The van der Waals surface area contributed by atoms with Crippen LogP contribution in [0.25, 0.3) is 6.08 Å². The van der Waals surface area contributed by atoms with E-state index < -0.39 is 8.32 Å². The highest BCUT2D eigenvalue weighted by Crippen LogP contribution is 2.27. The first-order valence-electron chi connectivity index (χ1n) is 8.12. The van der Waals surface area contributed by atoms with Crippen molar-refractivity contribution in [2.45, 2.75) is 58.2 Å². The van der Waals surface area contributed by atoms with Gasteiger partial charge in [-0.3, -0.25) is 0 Å². The first-order chi connectivity index (χ1) is 9.76. The SMILES string of the molecule is CCC[Si](CCC)(CCC)OC/C=C/c1ccccc1. The van der Waals surface area contributed by atoms with Gasteiger partial charge in [-0.25, -0.2) is 0 Å². The molecule has 1 nitrogen and oxygen atoms in total. The molecule has 0 aliphatic rings. The van der Waals surface area contributed by atoms with Crippen LogP contribution in [0.3, 0.4) is 0 Å². The van der Waals surface area contributed by atoms with Gasteiger partial charge in [0.15, 0.2) is 8.32 Å². The summed E-state index contributed by atoms with van der Waals surface area (Å²) in [6.07, 6.45) is 8.12. The Balaban J connectivity index is 2.54. The van der Waals surface area contributed by atoms with Gasteiger partial charge in [-0.1, -0.05) is 82.5 Å². The van der Waals surface area contributed by atoms with Crippen LogP contribution in [0.1, 0.15) is 45.6 Å². The van der Waals surface area contributed by atoms with Gasteiger partial charge in [-0.15, -0.1) is 0 Å². The van der Waals surface area contributed by atoms with Gasteiger partial charge < -0.3 is 4.43 Å². The normalized spacial score (nSPS) is 12.2. The summed E-state index contributed by atoms with van der Waals surface area (Å²) < 4.78 is 6.42. The topological polar surface area (TPSA) is 9.23 Å². The first kappa shape index (κ1) is 17.2. The van der Waals surface area contributed by atoms with E-state index in [9.17, 15) is 0 Å². The standard InChI is InChI=1S/C18H30OSi/c1-4-15-20(16-5-2,17-6-3)19-14-10-13-18-11-8-7-9-12-18/h7-13H,4-6,14-17H2,1-3H3/b13-10+. The fourth-order valence-electron chi connectivity index (χ4n) is 2.93. The van der Waals surface area contributed by atoms with Crippen molar-refractivity contribution >= 4 is 14.4 Å². The van der Waals surface area contributed by atoms with E-state index in [1.807, 2.05) is 0 Å². The predicted octanol–water partition coefficient (Wildman–Crippen LogP) is 5.89. The van der Waals surface area contributed by atoms with E-state index in [0.29, 0.717) is 0 Å². The van der Waals surface area contributed by atoms with E-state index in [2.05, 4.69) is 63.3 Å². The molecule has 112 valence electrons. The molecule has 0 heterocycles. The maximum absolute atomic E-state index is 6.42. The zero-order valence-corrected chi connectivity index (χ0v) is 14.4. The monoisotopic (exact) mass is 290 g/mol. The maximum Gasteiger partial charge on any atom is 0.193 e. The minimum atomic E-state index is -1.48. The second-order valence-electron chi connectivity index (χ2n) is 5.56. The summed E-state index contributed by atoms with van der Waals surface area (Å²) in [5.41, 5.74) is 1.25. The molecular weight excluding hydrogens is 260 g/mol. The quantitative estimate of drug-likeness (QED) is 0.488. The fraction of sp³-hybridized carbons (Fsp3) is 0.556. The Morgan fingerprint density at radius 3 is 1.95 bits per heavy atom. The zero-order chi connectivity index (χ0) is 14.7. The van der Waals surface area contributed by atoms with Crippen LogP contribution in [0.2, 0.25) is 18.1 Å². The van der Waals surface area contributed by atoms with Crippen molar-refractivity contribution in [1.82, 2.24) is 0 Å². The zero-order valence-electron chi connectivity index (χ0n) is 13.4. The van der Waals surface area contributed by atoms with Crippen LogP contribution in [-0.4, -0.2) is 14.9 Å². The third kappa shape index (κ3) is 6.06. The summed E-state index contributed by atoms with van der Waals surface area (Å²) in [4.78, 5) is 0. The number of rotatable bonds is 10. The molecule has 0 aromatic heterocycles. The summed E-state index contributed by atoms with van der Waals surface area (Å²) in [5, 5.41) is 0. The molecule has 0 aliphatic heterocycles. The second-order valence-corrected chi connectivity index (χ2v) is 9.71. The maximum atomic E-state index is 6.42. The van der Waals surface area contributed by atoms with Crippen molar-refractivity contribution in [2.75, 3.05) is 6.61 Å². The van der Waals surface area contributed by atoms with Crippen LogP contribution < -0.4 is 0 Å². The summed E-state index contributed by atoms with van der Waals surface area (Å²) in [7, 11) is -1.48. The van der Waals surface area contributed by atoms with E-state index in [-0.39, 0.29) is 0 Å². The second kappa shape index (κ2) is 9.95. The molecule has 20 heavy (non-hydrogen) atoms. The van der Waals surface area contributed by atoms with Crippen LogP contribution in [0.15, 0.2) is 36.4 Å². The molecule has 0 radical (unpaired) electrons. The average molecular weight is 291 g/mol. The van der Waals surface area contributed by atoms with Gasteiger partial charge >= 0.3 is 0 Å². The number of hydrogen-bond acceptors (Lipinski definition) is 1. The van der Waals surface area contributed by atoms with Crippen LogP contribution in [-0.2, 0) is 4.43 Å². The third-order valence-corrected chi connectivity index (χ3v) is 8.73. The molecule has 0 spiro atoms. The molecule has 0 bridgehead atoms. The lowest BCUT2D eigenvalue weighted by Gasteiger charge is -2.30. The smallest absolute Gasteiger partial charge is 0.193 e. The Morgan fingerprint density at radius 2 is 1.45 bits per heavy atom. The highest BCUT2D eigenvalue weighted by Gasteiger charge is 2.31. The van der Waals surface area contributed by atoms with E-state index in [1.165, 1.54) is 43.0 Å². The van der Waals surface area contributed by atoms with E-state index in [4.69, 9.17) is 4.43 Å². The van der Waals surface area contributed by atoms with Crippen LogP contribution in [0.5, 0.6) is 0 Å². The molecule has 1 aromatic rings. The third-order valence-electron chi connectivity index (χ3n) is 3.71. The van der Waals surface area contributed by atoms with Gasteiger partial charge in [0.05, 0.1) is 6.61 Å². The van der Waals surface area contributed by atoms with Gasteiger partial charge in [0, 0.05) is 0 Å². The highest BCUT2D eigenvalue weighted by molar-refractivity contribution is 6.73. The van der Waals surface area contributed by atoms with Crippen molar-refractivity contribution in [3.05, 3.63) is 42.0 Å². The fourth-order valence-corrected chi connectivity index (χ4v) is 7.30. The van der Waals surface area contributed by atoms with Gasteiger partial charge in [-0.05, 0) is 23.7 Å².